The molecule has 0 aromatic carbocycles. The molecule has 1 heterocycles. The Bertz CT molecular complexity index is 215. The van der Waals surface area contributed by atoms with Gasteiger partial charge in [0.1, 0.15) is 5.78 Å². The van der Waals surface area contributed by atoms with E-state index in [1.807, 2.05) is 13.8 Å². The van der Waals surface area contributed by atoms with Gasteiger partial charge in [0.15, 0.2) is 0 Å². The standard InChI is InChI=1S/C14H27NO.CH4/c1-11(2)10-15-7-5-13(6-8-15)9-14(16)12(3)4;/h11-13H,5-10H2,1-4H3;1H4. The zero-order chi connectivity index (χ0) is 12.1. The van der Waals surface area contributed by atoms with Gasteiger partial charge in [0.2, 0.25) is 0 Å². The highest BCUT2D eigenvalue weighted by molar-refractivity contribution is 5.80. The number of piperidine rings is 1. The molecular formula is C15H31NO. The topological polar surface area (TPSA) is 20.3 Å². The minimum absolute atomic E-state index is 0. The molecule has 0 N–H and O–H groups in total. The number of rotatable bonds is 5. The summed E-state index contributed by atoms with van der Waals surface area (Å²) in [5.41, 5.74) is 0. The Kier molecular flexibility index (Phi) is 7.69. The first kappa shape index (κ1) is 16.6. The fraction of sp³-hybridized carbons (Fsp3) is 0.933. The van der Waals surface area contributed by atoms with Crippen LogP contribution in [-0.2, 0) is 4.79 Å². The molecule has 1 fully saturated rings. The van der Waals surface area contributed by atoms with Gasteiger partial charge in [0.05, 0.1) is 0 Å². The second-order valence-electron chi connectivity index (χ2n) is 5.96. The number of hydrogen-bond donors (Lipinski definition) is 0. The second kappa shape index (κ2) is 7.86. The number of ketones is 1. The van der Waals surface area contributed by atoms with Gasteiger partial charge in [-0.15, -0.1) is 0 Å². The second-order valence-corrected chi connectivity index (χ2v) is 5.96. The summed E-state index contributed by atoms with van der Waals surface area (Å²) in [6.45, 7) is 12.2. The van der Waals surface area contributed by atoms with Crippen LogP contribution in [0.3, 0.4) is 0 Å². The number of carbonyl (C=O) groups is 1. The Morgan fingerprint density at radius 3 is 2.12 bits per heavy atom. The summed E-state index contributed by atoms with van der Waals surface area (Å²) in [5, 5.41) is 0. The lowest BCUT2D eigenvalue weighted by Gasteiger charge is -2.32. The van der Waals surface area contributed by atoms with E-state index in [-0.39, 0.29) is 13.3 Å². The molecule has 0 aliphatic carbocycles. The Labute approximate surface area is 108 Å². The third-order valence-electron chi connectivity index (χ3n) is 3.46. The molecule has 0 bridgehead atoms. The lowest BCUT2D eigenvalue weighted by Crippen LogP contribution is -2.36. The minimum atomic E-state index is 0. The Hall–Kier alpha value is -0.370. The number of Topliss-reactive ketones (excluding diaryl/α,β-unsaturated/α-hetero) is 1. The van der Waals surface area contributed by atoms with Crippen LogP contribution in [0.25, 0.3) is 0 Å². The molecule has 2 heteroatoms. The SMILES string of the molecule is C.CC(C)CN1CCC(CC(=O)C(C)C)CC1. The molecule has 1 rings (SSSR count). The van der Waals surface area contributed by atoms with E-state index in [4.69, 9.17) is 0 Å². The zero-order valence-electron chi connectivity index (χ0n) is 11.3. The maximum atomic E-state index is 11.7. The summed E-state index contributed by atoms with van der Waals surface area (Å²) >= 11 is 0. The highest BCUT2D eigenvalue weighted by atomic mass is 16.1. The number of hydrogen-bond acceptors (Lipinski definition) is 2. The molecule has 0 saturated carbocycles. The Balaban J connectivity index is 0.00000256. The predicted octanol–water partition coefficient (Wildman–Crippen LogP) is 3.61. The van der Waals surface area contributed by atoms with Crippen molar-refractivity contribution in [2.24, 2.45) is 17.8 Å². The molecule has 2 nitrogen and oxygen atoms in total. The average molecular weight is 241 g/mol. The zero-order valence-corrected chi connectivity index (χ0v) is 11.3. The van der Waals surface area contributed by atoms with E-state index in [1.54, 1.807) is 0 Å². The molecule has 0 atom stereocenters. The molecule has 0 aromatic rings. The minimum Gasteiger partial charge on any atom is -0.303 e. The summed E-state index contributed by atoms with van der Waals surface area (Å²) in [4.78, 5) is 14.2. The van der Waals surface area contributed by atoms with Crippen LogP contribution < -0.4 is 0 Å². The molecule has 0 spiro atoms. The van der Waals surface area contributed by atoms with Crippen molar-refractivity contribution < 1.29 is 4.79 Å². The molecule has 0 unspecified atom stereocenters. The van der Waals surface area contributed by atoms with E-state index in [9.17, 15) is 4.79 Å². The molecule has 0 radical (unpaired) electrons. The third-order valence-corrected chi connectivity index (χ3v) is 3.46. The highest BCUT2D eigenvalue weighted by Gasteiger charge is 2.22. The van der Waals surface area contributed by atoms with Crippen LogP contribution >= 0.6 is 0 Å². The smallest absolute Gasteiger partial charge is 0.135 e. The third kappa shape index (κ3) is 6.21. The van der Waals surface area contributed by atoms with Gasteiger partial charge in [-0.3, -0.25) is 4.79 Å². The summed E-state index contributed by atoms with van der Waals surface area (Å²) in [7, 11) is 0. The van der Waals surface area contributed by atoms with E-state index in [1.165, 1.54) is 32.5 Å². The maximum absolute atomic E-state index is 11.7. The highest BCUT2D eigenvalue weighted by Crippen LogP contribution is 2.22. The van der Waals surface area contributed by atoms with Crippen molar-refractivity contribution in [3.63, 3.8) is 0 Å². The maximum Gasteiger partial charge on any atom is 0.135 e. The largest absolute Gasteiger partial charge is 0.303 e. The van der Waals surface area contributed by atoms with Crippen LogP contribution in [0.4, 0.5) is 0 Å². The first-order valence-electron chi connectivity index (χ1n) is 6.74. The van der Waals surface area contributed by atoms with Crippen molar-refractivity contribution in [3.8, 4) is 0 Å². The average Bonchev–Trinajstić information content (AvgIpc) is 2.20. The van der Waals surface area contributed by atoms with Crippen LogP contribution in [0.15, 0.2) is 0 Å². The normalized spacial score (nSPS) is 18.5. The van der Waals surface area contributed by atoms with Crippen molar-refractivity contribution in [3.05, 3.63) is 0 Å². The van der Waals surface area contributed by atoms with Crippen LogP contribution in [0.1, 0.15) is 54.4 Å². The lowest BCUT2D eigenvalue weighted by molar-refractivity contribution is -0.123. The van der Waals surface area contributed by atoms with Gasteiger partial charge in [-0.1, -0.05) is 35.1 Å². The van der Waals surface area contributed by atoms with Gasteiger partial charge in [-0.05, 0) is 37.8 Å². The van der Waals surface area contributed by atoms with E-state index in [0.717, 1.165) is 12.3 Å². The van der Waals surface area contributed by atoms with Gasteiger partial charge < -0.3 is 4.90 Å². The Morgan fingerprint density at radius 2 is 1.71 bits per heavy atom. The van der Waals surface area contributed by atoms with Gasteiger partial charge >= 0.3 is 0 Å². The quantitative estimate of drug-likeness (QED) is 0.733. The number of carbonyl (C=O) groups excluding carboxylic acids is 1. The fourth-order valence-electron chi connectivity index (χ4n) is 2.41. The van der Waals surface area contributed by atoms with Gasteiger partial charge in [0.25, 0.3) is 0 Å². The van der Waals surface area contributed by atoms with Crippen molar-refractivity contribution in [1.29, 1.82) is 0 Å². The molecule has 0 aromatic heterocycles. The molecule has 102 valence electrons. The van der Waals surface area contributed by atoms with E-state index >= 15 is 0 Å². The van der Waals surface area contributed by atoms with Crippen LogP contribution in [0.5, 0.6) is 0 Å². The molecule has 1 aliphatic heterocycles. The summed E-state index contributed by atoms with van der Waals surface area (Å²) in [5.74, 6) is 2.07. The van der Waals surface area contributed by atoms with Crippen molar-refractivity contribution in [2.45, 2.75) is 54.4 Å². The van der Waals surface area contributed by atoms with Crippen molar-refractivity contribution >= 4 is 5.78 Å². The lowest BCUT2D eigenvalue weighted by atomic mass is 9.88. The van der Waals surface area contributed by atoms with Gasteiger partial charge in [0, 0.05) is 18.9 Å². The number of nitrogens with zero attached hydrogens (tertiary/aromatic N) is 1. The Morgan fingerprint density at radius 1 is 1.18 bits per heavy atom. The van der Waals surface area contributed by atoms with Gasteiger partial charge in [-0.2, -0.15) is 0 Å². The monoisotopic (exact) mass is 241 g/mol. The molecular weight excluding hydrogens is 210 g/mol. The van der Waals surface area contributed by atoms with Gasteiger partial charge in [-0.25, -0.2) is 0 Å². The molecule has 1 saturated heterocycles. The van der Waals surface area contributed by atoms with E-state index in [2.05, 4.69) is 18.7 Å². The molecule has 17 heavy (non-hydrogen) atoms. The van der Waals surface area contributed by atoms with E-state index in [0.29, 0.717) is 11.7 Å². The van der Waals surface area contributed by atoms with Crippen LogP contribution in [0, 0.1) is 17.8 Å². The first-order chi connectivity index (χ1) is 7.49. The summed E-state index contributed by atoms with van der Waals surface area (Å²) < 4.78 is 0. The van der Waals surface area contributed by atoms with Crippen LogP contribution in [-0.4, -0.2) is 30.3 Å². The summed E-state index contributed by atoms with van der Waals surface area (Å²) in [6, 6.07) is 0. The van der Waals surface area contributed by atoms with Crippen molar-refractivity contribution in [1.82, 2.24) is 4.90 Å². The number of likely N-dealkylation sites (tertiary alicyclic amines) is 1. The predicted molar refractivity (Wildman–Crippen MR) is 75.2 cm³/mol. The first-order valence-corrected chi connectivity index (χ1v) is 6.74. The molecule has 0 amide bonds. The van der Waals surface area contributed by atoms with Crippen molar-refractivity contribution in [2.75, 3.05) is 19.6 Å². The fourth-order valence-corrected chi connectivity index (χ4v) is 2.41. The molecule has 1 aliphatic rings. The van der Waals surface area contributed by atoms with Crippen LogP contribution in [0.2, 0.25) is 0 Å². The van der Waals surface area contributed by atoms with E-state index < -0.39 is 0 Å². The summed E-state index contributed by atoms with van der Waals surface area (Å²) in [6.07, 6.45) is 3.24.